The number of aliphatic carboxylic acids is 1. The zero-order chi connectivity index (χ0) is 11.5. The summed E-state index contributed by atoms with van der Waals surface area (Å²) in [6.07, 6.45) is 0.393. The molecule has 1 unspecified atom stereocenters. The van der Waals surface area contributed by atoms with Crippen molar-refractivity contribution in [3.05, 3.63) is 35.6 Å². The summed E-state index contributed by atoms with van der Waals surface area (Å²) >= 11 is 0. The maximum Gasteiger partial charge on any atom is 0.328 e. The van der Waals surface area contributed by atoms with Gasteiger partial charge in [-0.1, -0.05) is 19.1 Å². The highest BCUT2D eigenvalue weighted by Gasteiger charge is 2.36. The van der Waals surface area contributed by atoms with E-state index < -0.39 is 11.5 Å². The minimum atomic E-state index is -1.13. The molecule has 0 saturated carbocycles. The molecule has 0 aliphatic heterocycles. The van der Waals surface area contributed by atoms with Crippen LogP contribution in [0.15, 0.2) is 24.3 Å². The number of hydrogen-bond donors (Lipinski definition) is 2. The lowest BCUT2D eigenvalue weighted by molar-refractivity contribution is -0.145. The molecule has 0 spiro atoms. The molecule has 4 heteroatoms. The smallest absolute Gasteiger partial charge is 0.328 e. The van der Waals surface area contributed by atoms with Gasteiger partial charge in [0.15, 0.2) is 0 Å². The van der Waals surface area contributed by atoms with E-state index >= 15 is 0 Å². The Morgan fingerprint density at radius 2 is 2.00 bits per heavy atom. The van der Waals surface area contributed by atoms with Crippen LogP contribution in [0.3, 0.4) is 0 Å². The van der Waals surface area contributed by atoms with Crippen molar-refractivity contribution >= 4 is 5.97 Å². The van der Waals surface area contributed by atoms with Crippen molar-refractivity contribution < 1.29 is 14.3 Å². The molecule has 0 radical (unpaired) electrons. The highest BCUT2D eigenvalue weighted by molar-refractivity contribution is 5.80. The van der Waals surface area contributed by atoms with Crippen LogP contribution in [0.1, 0.15) is 18.9 Å². The zero-order valence-corrected chi connectivity index (χ0v) is 8.75. The van der Waals surface area contributed by atoms with Crippen LogP contribution in [-0.2, 0) is 10.3 Å². The van der Waals surface area contributed by atoms with E-state index in [1.54, 1.807) is 14.0 Å². The highest BCUT2D eigenvalue weighted by Crippen LogP contribution is 2.25. The summed E-state index contributed by atoms with van der Waals surface area (Å²) < 4.78 is 12.7. The Balaban J connectivity index is 3.20. The molecule has 1 rings (SSSR count). The van der Waals surface area contributed by atoms with E-state index in [1.807, 2.05) is 0 Å². The second-order valence-corrected chi connectivity index (χ2v) is 3.32. The van der Waals surface area contributed by atoms with Gasteiger partial charge in [0.1, 0.15) is 11.4 Å². The van der Waals surface area contributed by atoms with Gasteiger partial charge in [0.25, 0.3) is 0 Å². The largest absolute Gasteiger partial charge is 0.480 e. The molecule has 0 aliphatic rings. The van der Waals surface area contributed by atoms with Crippen molar-refractivity contribution in [1.82, 2.24) is 5.32 Å². The van der Waals surface area contributed by atoms with Crippen molar-refractivity contribution in [3.8, 4) is 0 Å². The minimum absolute atomic E-state index is 0.370. The Hall–Kier alpha value is -1.42. The summed E-state index contributed by atoms with van der Waals surface area (Å²) in [5.41, 5.74) is -0.574. The molecule has 15 heavy (non-hydrogen) atoms. The van der Waals surface area contributed by atoms with E-state index in [4.69, 9.17) is 0 Å². The molecule has 1 aromatic carbocycles. The van der Waals surface area contributed by atoms with E-state index in [1.165, 1.54) is 24.3 Å². The lowest BCUT2D eigenvalue weighted by atomic mass is 9.87. The Kier molecular flexibility index (Phi) is 3.42. The van der Waals surface area contributed by atoms with Gasteiger partial charge in [-0.15, -0.1) is 0 Å². The van der Waals surface area contributed by atoms with Gasteiger partial charge in [-0.05, 0) is 31.2 Å². The maximum atomic E-state index is 12.7. The Morgan fingerprint density at radius 3 is 2.33 bits per heavy atom. The van der Waals surface area contributed by atoms with Gasteiger partial charge >= 0.3 is 5.97 Å². The Morgan fingerprint density at radius 1 is 1.47 bits per heavy atom. The average molecular weight is 211 g/mol. The molecule has 0 amide bonds. The number of carboxylic acid groups (broad SMARTS) is 1. The molecule has 1 aromatic rings. The third-order valence-electron chi connectivity index (χ3n) is 2.66. The maximum absolute atomic E-state index is 12.7. The number of carbonyl (C=O) groups is 1. The summed E-state index contributed by atoms with van der Waals surface area (Å²) in [7, 11) is 1.58. The molecular weight excluding hydrogens is 197 g/mol. The Bertz CT molecular complexity index is 344. The predicted octanol–water partition coefficient (Wildman–Crippen LogP) is 1.73. The number of benzene rings is 1. The second-order valence-electron chi connectivity index (χ2n) is 3.32. The van der Waals surface area contributed by atoms with E-state index in [2.05, 4.69) is 5.32 Å². The number of carboxylic acids is 1. The zero-order valence-electron chi connectivity index (χ0n) is 8.75. The van der Waals surface area contributed by atoms with Crippen LogP contribution in [0.4, 0.5) is 4.39 Å². The van der Waals surface area contributed by atoms with Gasteiger partial charge in [0.2, 0.25) is 0 Å². The molecule has 0 fully saturated rings. The number of likely N-dealkylation sites (N-methyl/N-ethyl adjacent to an activating group) is 1. The lowest BCUT2D eigenvalue weighted by Crippen LogP contribution is -2.46. The third-order valence-corrected chi connectivity index (χ3v) is 2.66. The fourth-order valence-corrected chi connectivity index (χ4v) is 1.64. The topological polar surface area (TPSA) is 49.3 Å². The van der Waals surface area contributed by atoms with Crippen LogP contribution in [-0.4, -0.2) is 18.1 Å². The first-order valence-corrected chi connectivity index (χ1v) is 4.75. The van der Waals surface area contributed by atoms with E-state index in [-0.39, 0.29) is 5.82 Å². The summed E-state index contributed by atoms with van der Waals surface area (Å²) in [5, 5.41) is 12.0. The van der Waals surface area contributed by atoms with Crippen LogP contribution >= 0.6 is 0 Å². The Labute approximate surface area is 87.9 Å². The van der Waals surface area contributed by atoms with E-state index in [9.17, 15) is 14.3 Å². The molecule has 0 aromatic heterocycles. The monoisotopic (exact) mass is 211 g/mol. The van der Waals surface area contributed by atoms with Crippen LogP contribution in [0, 0.1) is 5.82 Å². The van der Waals surface area contributed by atoms with Gasteiger partial charge in [0, 0.05) is 0 Å². The normalized spacial score (nSPS) is 14.6. The third kappa shape index (κ3) is 1.99. The average Bonchev–Trinajstić information content (AvgIpc) is 2.22. The van der Waals surface area contributed by atoms with Gasteiger partial charge in [-0.3, -0.25) is 0 Å². The van der Waals surface area contributed by atoms with Crippen molar-refractivity contribution in [3.63, 3.8) is 0 Å². The predicted molar refractivity (Wildman–Crippen MR) is 55.1 cm³/mol. The van der Waals surface area contributed by atoms with Gasteiger partial charge in [0.05, 0.1) is 0 Å². The fraction of sp³-hybridized carbons (Fsp3) is 0.364. The first-order valence-electron chi connectivity index (χ1n) is 4.75. The second kappa shape index (κ2) is 4.40. The summed E-state index contributed by atoms with van der Waals surface area (Å²) in [6, 6.07) is 5.51. The SMILES string of the molecule is CCC(NC)(C(=O)O)c1ccc(F)cc1. The first kappa shape index (κ1) is 11.7. The number of rotatable bonds is 4. The summed E-state index contributed by atoms with van der Waals surface area (Å²) in [4.78, 5) is 11.2. The molecule has 1 atom stereocenters. The van der Waals surface area contributed by atoms with Crippen molar-refractivity contribution in [2.45, 2.75) is 18.9 Å². The molecule has 82 valence electrons. The summed E-state index contributed by atoms with van der Waals surface area (Å²) in [5.74, 6) is -1.33. The van der Waals surface area contributed by atoms with Gasteiger partial charge in [-0.2, -0.15) is 0 Å². The quantitative estimate of drug-likeness (QED) is 0.797. The highest BCUT2D eigenvalue weighted by atomic mass is 19.1. The minimum Gasteiger partial charge on any atom is -0.480 e. The van der Waals surface area contributed by atoms with Crippen molar-refractivity contribution in [2.24, 2.45) is 0 Å². The molecule has 0 aliphatic carbocycles. The first-order chi connectivity index (χ1) is 7.06. The van der Waals surface area contributed by atoms with E-state index in [0.717, 1.165) is 0 Å². The molecular formula is C11H14FNO2. The van der Waals surface area contributed by atoms with Crippen LogP contribution < -0.4 is 5.32 Å². The number of halogens is 1. The molecule has 0 bridgehead atoms. The van der Waals surface area contributed by atoms with E-state index in [0.29, 0.717) is 12.0 Å². The molecule has 3 nitrogen and oxygen atoms in total. The van der Waals surface area contributed by atoms with Crippen molar-refractivity contribution in [1.29, 1.82) is 0 Å². The molecule has 0 heterocycles. The lowest BCUT2D eigenvalue weighted by Gasteiger charge is -2.28. The number of hydrogen-bond acceptors (Lipinski definition) is 2. The fourth-order valence-electron chi connectivity index (χ4n) is 1.64. The molecule has 0 saturated heterocycles. The summed E-state index contributed by atoms with van der Waals surface area (Å²) in [6.45, 7) is 1.77. The number of nitrogens with one attached hydrogen (secondary N) is 1. The van der Waals surface area contributed by atoms with Crippen LogP contribution in [0.5, 0.6) is 0 Å². The van der Waals surface area contributed by atoms with Gasteiger partial charge in [-0.25, -0.2) is 9.18 Å². The van der Waals surface area contributed by atoms with Crippen LogP contribution in [0.25, 0.3) is 0 Å². The van der Waals surface area contributed by atoms with Crippen molar-refractivity contribution in [2.75, 3.05) is 7.05 Å². The molecule has 2 N–H and O–H groups in total. The standard InChI is InChI=1S/C11H14FNO2/c1-3-11(13-2,10(14)15)8-4-6-9(12)7-5-8/h4-7,13H,3H2,1-2H3,(H,14,15). The van der Waals surface area contributed by atoms with Gasteiger partial charge < -0.3 is 10.4 Å². The van der Waals surface area contributed by atoms with Crippen LogP contribution in [0.2, 0.25) is 0 Å².